The molecule has 3 nitrogen and oxygen atoms in total. The molecule has 3 heteroatoms. The highest BCUT2D eigenvalue weighted by atomic mass is 16.3. The molecule has 0 saturated heterocycles. The molecule has 0 rings (SSSR count). The lowest BCUT2D eigenvalue weighted by Crippen LogP contribution is -2.21. The number of nitrogens with one attached hydrogen (secondary N) is 1. The van der Waals surface area contributed by atoms with Crippen LogP contribution in [0, 0.1) is 0 Å². The zero-order valence-electron chi connectivity index (χ0n) is 6.08. The van der Waals surface area contributed by atoms with Gasteiger partial charge in [0.05, 0.1) is 6.10 Å². The minimum Gasteiger partial charge on any atom is -0.391 e. The number of hydrogen-bond acceptors (Lipinski definition) is 3. The summed E-state index contributed by atoms with van der Waals surface area (Å²) in [5.74, 6) is 0. The fourth-order valence-electron chi connectivity index (χ4n) is 0.456. The largest absolute Gasteiger partial charge is 0.391 e. The molecule has 58 valence electrons. The Kier molecular flexibility index (Phi) is 5.77. The second-order valence-electron chi connectivity index (χ2n) is 1.97. The van der Waals surface area contributed by atoms with E-state index < -0.39 is 0 Å². The Labute approximate surface area is 60.7 Å². The van der Waals surface area contributed by atoms with Crippen LogP contribution in [0.4, 0.5) is 0 Å². The molecule has 0 spiro atoms. The van der Waals surface area contributed by atoms with Gasteiger partial charge in [-0.2, -0.15) is 0 Å². The molecule has 0 amide bonds. The van der Waals surface area contributed by atoms with Gasteiger partial charge in [-0.1, -0.05) is 6.92 Å². The van der Waals surface area contributed by atoms with E-state index in [-0.39, 0.29) is 6.10 Å². The molecule has 0 radical (unpaired) electrons. The molecule has 0 aromatic rings. The summed E-state index contributed by atoms with van der Waals surface area (Å²) < 4.78 is 0. The maximum Gasteiger partial charge on any atom is 0.144 e. The molecular formula is C7H13NO2. The van der Waals surface area contributed by atoms with Crippen LogP contribution in [-0.2, 0) is 4.79 Å². The minimum atomic E-state index is -0.323. The van der Waals surface area contributed by atoms with Crippen molar-refractivity contribution < 1.29 is 9.90 Å². The molecule has 0 heterocycles. The van der Waals surface area contributed by atoms with Gasteiger partial charge in [0, 0.05) is 6.54 Å². The minimum absolute atomic E-state index is 0.323. The number of aliphatic hydroxyl groups excluding tert-OH is 1. The van der Waals surface area contributed by atoms with E-state index in [4.69, 9.17) is 5.11 Å². The number of aldehydes is 1. The Morgan fingerprint density at radius 1 is 1.70 bits per heavy atom. The van der Waals surface area contributed by atoms with Gasteiger partial charge < -0.3 is 10.4 Å². The van der Waals surface area contributed by atoms with Crippen LogP contribution >= 0.6 is 0 Å². The predicted molar refractivity (Wildman–Crippen MR) is 39.5 cm³/mol. The smallest absolute Gasteiger partial charge is 0.144 e. The first-order valence-electron chi connectivity index (χ1n) is 3.33. The molecule has 0 aliphatic carbocycles. The van der Waals surface area contributed by atoms with Crippen molar-refractivity contribution in [3.05, 3.63) is 12.3 Å². The van der Waals surface area contributed by atoms with Gasteiger partial charge in [-0.15, -0.1) is 0 Å². The average molecular weight is 143 g/mol. The zero-order chi connectivity index (χ0) is 7.82. The molecule has 0 bridgehead atoms. The second kappa shape index (κ2) is 6.29. The number of hydrogen-bond donors (Lipinski definition) is 2. The number of carbonyl (C=O) groups excluding carboxylic acids is 1. The maximum atomic E-state index is 9.73. The van der Waals surface area contributed by atoms with Crippen LogP contribution in [0.2, 0.25) is 0 Å². The summed E-state index contributed by atoms with van der Waals surface area (Å²) in [6, 6.07) is 0. The molecule has 1 unspecified atom stereocenters. The van der Waals surface area contributed by atoms with Crippen molar-refractivity contribution in [2.45, 2.75) is 19.4 Å². The third-order valence-corrected chi connectivity index (χ3v) is 1.12. The van der Waals surface area contributed by atoms with Crippen LogP contribution in [0.1, 0.15) is 13.3 Å². The van der Waals surface area contributed by atoms with Crippen LogP contribution in [0.3, 0.4) is 0 Å². The van der Waals surface area contributed by atoms with Gasteiger partial charge in [-0.3, -0.25) is 4.79 Å². The van der Waals surface area contributed by atoms with Gasteiger partial charge in [0.1, 0.15) is 6.29 Å². The fraction of sp³-hybridized carbons (Fsp3) is 0.571. The number of allylic oxidation sites excluding steroid dienone is 1. The van der Waals surface area contributed by atoms with E-state index in [9.17, 15) is 4.79 Å². The summed E-state index contributed by atoms with van der Waals surface area (Å²) in [5.41, 5.74) is 0. The van der Waals surface area contributed by atoms with Crippen molar-refractivity contribution in [3.63, 3.8) is 0 Å². The monoisotopic (exact) mass is 143 g/mol. The van der Waals surface area contributed by atoms with Gasteiger partial charge in [0.2, 0.25) is 0 Å². The van der Waals surface area contributed by atoms with E-state index in [2.05, 4.69) is 5.32 Å². The lowest BCUT2D eigenvalue weighted by Gasteiger charge is -2.05. The number of rotatable bonds is 5. The van der Waals surface area contributed by atoms with Gasteiger partial charge in [-0.05, 0) is 18.7 Å². The Morgan fingerprint density at radius 3 is 2.90 bits per heavy atom. The van der Waals surface area contributed by atoms with Crippen molar-refractivity contribution in [2.24, 2.45) is 0 Å². The molecule has 2 N–H and O–H groups in total. The first kappa shape index (κ1) is 9.17. The molecular weight excluding hydrogens is 130 g/mol. The first-order valence-corrected chi connectivity index (χ1v) is 3.33. The van der Waals surface area contributed by atoms with Crippen LogP contribution in [0.15, 0.2) is 12.3 Å². The van der Waals surface area contributed by atoms with E-state index in [0.717, 1.165) is 6.42 Å². The molecule has 0 saturated carbocycles. The van der Waals surface area contributed by atoms with E-state index in [1.165, 1.54) is 12.3 Å². The highest BCUT2D eigenvalue weighted by Gasteiger charge is 1.95. The Morgan fingerprint density at radius 2 is 2.40 bits per heavy atom. The number of aliphatic hydroxyl groups is 1. The van der Waals surface area contributed by atoms with Gasteiger partial charge >= 0.3 is 0 Å². The summed E-state index contributed by atoms with van der Waals surface area (Å²) in [7, 11) is 0. The van der Waals surface area contributed by atoms with Crippen LogP contribution in [0.25, 0.3) is 0 Å². The highest BCUT2D eigenvalue weighted by Crippen LogP contribution is 1.85. The van der Waals surface area contributed by atoms with Gasteiger partial charge in [-0.25, -0.2) is 0 Å². The molecule has 0 aromatic carbocycles. The molecule has 0 aliphatic heterocycles. The van der Waals surface area contributed by atoms with Crippen LogP contribution < -0.4 is 5.32 Å². The Balaban J connectivity index is 3.18. The summed E-state index contributed by atoms with van der Waals surface area (Å²) >= 11 is 0. The van der Waals surface area contributed by atoms with Crippen molar-refractivity contribution in [3.8, 4) is 0 Å². The fourth-order valence-corrected chi connectivity index (χ4v) is 0.456. The lowest BCUT2D eigenvalue weighted by molar-refractivity contribution is -0.104. The molecule has 0 aromatic heterocycles. The standard InChI is InChI=1S/C7H13NO2/c1-2-7(10)6-8-4-3-5-9/h3-5,7-8,10H,2,6H2,1H3. The van der Waals surface area contributed by atoms with E-state index in [1.54, 1.807) is 0 Å². The van der Waals surface area contributed by atoms with Gasteiger partial charge in [0.25, 0.3) is 0 Å². The highest BCUT2D eigenvalue weighted by molar-refractivity contribution is 5.64. The molecule has 1 atom stereocenters. The zero-order valence-corrected chi connectivity index (χ0v) is 6.08. The summed E-state index contributed by atoms with van der Waals surface area (Å²) in [5, 5.41) is 11.7. The van der Waals surface area contributed by atoms with E-state index in [1.807, 2.05) is 6.92 Å². The van der Waals surface area contributed by atoms with Crippen molar-refractivity contribution in [2.75, 3.05) is 6.54 Å². The third-order valence-electron chi connectivity index (χ3n) is 1.12. The Hall–Kier alpha value is -0.830. The van der Waals surface area contributed by atoms with Crippen LogP contribution in [0.5, 0.6) is 0 Å². The summed E-state index contributed by atoms with van der Waals surface area (Å²) in [6.07, 6.45) is 3.96. The van der Waals surface area contributed by atoms with Crippen molar-refractivity contribution in [1.29, 1.82) is 0 Å². The third kappa shape index (κ3) is 5.31. The van der Waals surface area contributed by atoms with Gasteiger partial charge in [0.15, 0.2) is 0 Å². The summed E-state index contributed by atoms with van der Waals surface area (Å²) in [6.45, 7) is 2.40. The quantitative estimate of drug-likeness (QED) is 0.422. The lowest BCUT2D eigenvalue weighted by atomic mass is 10.3. The second-order valence-corrected chi connectivity index (χ2v) is 1.97. The number of carbonyl (C=O) groups is 1. The maximum absolute atomic E-state index is 9.73. The summed E-state index contributed by atoms with van der Waals surface area (Å²) in [4.78, 5) is 9.73. The van der Waals surface area contributed by atoms with E-state index in [0.29, 0.717) is 12.8 Å². The van der Waals surface area contributed by atoms with Crippen molar-refractivity contribution in [1.82, 2.24) is 5.32 Å². The average Bonchev–Trinajstić information content (AvgIpc) is 1.98. The molecule has 0 fully saturated rings. The normalized spacial score (nSPS) is 13.4. The van der Waals surface area contributed by atoms with Crippen molar-refractivity contribution >= 4 is 6.29 Å². The van der Waals surface area contributed by atoms with E-state index >= 15 is 0 Å². The molecule has 10 heavy (non-hydrogen) atoms. The first-order chi connectivity index (χ1) is 4.81. The topological polar surface area (TPSA) is 49.3 Å². The molecule has 0 aliphatic rings. The Bertz CT molecular complexity index is 112. The SMILES string of the molecule is CCC(O)CNC=CC=O. The van der Waals surface area contributed by atoms with Crippen LogP contribution in [-0.4, -0.2) is 24.0 Å². The predicted octanol–water partition coefficient (Wildman–Crippen LogP) is 0.0595.